The van der Waals surface area contributed by atoms with Gasteiger partial charge in [-0.05, 0) is 42.0 Å². The Labute approximate surface area is 176 Å². The van der Waals surface area contributed by atoms with Crippen molar-refractivity contribution in [3.05, 3.63) is 81.1 Å². The number of halogens is 1. The van der Waals surface area contributed by atoms with Crippen LogP contribution in [0.2, 0.25) is 5.02 Å². The fourth-order valence-corrected chi connectivity index (χ4v) is 2.62. The number of ether oxygens (including phenoxy) is 1. The van der Waals surface area contributed by atoms with Crippen molar-refractivity contribution >= 4 is 34.8 Å². The van der Waals surface area contributed by atoms with Crippen LogP contribution in [0.1, 0.15) is 15.9 Å². The van der Waals surface area contributed by atoms with E-state index in [1.54, 1.807) is 48.5 Å². The van der Waals surface area contributed by atoms with Gasteiger partial charge in [0.25, 0.3) is 5.91 Å². The van der Waals surface area contributed by atoms with Crippen LogP contribution >= 0.6 is 11.6 Å². The second kappa shape index (κ2) is 9.52. The summed E-state index contributed by atoms with van der Waals surface area (Å²) in [5.74, 6) is -0.0507. The number of hydrogen-bond acceptors (Lipinski definition) is 8. The van der Waals surface area contributed by atoms with Gasteiger partial charge >= 0.3 is 5.69 Å². The molecule has 0 aliphatic carbocycles. The topological polar surface area (TPSA) is 131 Å². The van der Waals surface area contributed by atoms with Crippen molar-refractivity contribution in [2.45, 2.75) is 6.54 Å². The Morgan fingerprint density at radius 1 is 1.10 bits per heavy atom. The van der Waals surface area contributed by atoms with Crippen molar-refractivity contribution in [2.24, 2.45) is 0 Å². The maximum absolute atomic E-state index is 12.3. The van der Waals surface area contributed by atoms with Gasteiger partial charge in [0.15, 0.2) is 0 Å². The van der Waals surface area contributed by atoms with Crippen LogP contribution in [0, 0.1) is 10.1 Å². The van der Waals surface area contributed by atoms with Gasteiger partial charge < -0.3 is 10.1 Å². The molecule has 0 aliphatic rings. The normalized spacial score (nSPS) is 10.2. The van der Waals surface area contributed by atoms with Crippen LogP contribution in [0.25, 0.3) is 0 Å². The molecule has 0 atom stereocenters. The Bertz CT molecular complexity index is 1040. The molecule has 1 amide bonds. The molecule has 0 aliphatic heterocycles. The third-order valence-corrected chi connectivity index (χ3v) is 4.28. The molecule has 0 fully saturated rings. The summed E-state index contributed by atoms with van der Waals surface area (Å²) in [6.45, 7) is 0.284. The predicted octanol–water partition coefficient (Wildman–Crippen LogP) is 3.42. The molecule has 3 rings (SSSR count). The van der Waals surface area contributed by atoms with Crippen LogP contribution in [0.15, 0.2) is 54.9 Å². The summed E-state index contributed by atoms with van der Waals surface area (Å²) >= 11 is 5.86. The van der Waals surface area contributed by atoms with E-state index in [1.165, 1.54) is 7.11 Å². The van der Waals surface area contributed by atoms with Gasteiger partial charge in [0, 0.05) is 17.1 Å². The summed E-state index contributed by atoms with van der Waals surface area (Å²) in [6, 6.07) is 13.4. The minimum absolute atomic E-state index is 0.00569. The first-order valence-electron chi connectivity index (χ1n) is 8.66. The van der Waals surface area contributed by atoms with E-state index < -0.39 is 16.5 Å². The van der Waals surface area contributed by atoms with Crippen molar-refractivity contribution < 1.29 is 14.5 Å². The third-order valence-electron chi connectivity index (χ3n) is 4.02. The maximum atomic E-state index is 12.3. The monoisotopic (exact) mass is 428 g/mol. The van der Waals surface area contributed by atoms with Crippen LogP contribution < -0.4 is 20.9 Å². The molecule has 0 saturated heterocycles. The molecule has 3 N–H and O–H groups in total. The molecular weight excluding hydrogens is 412 g/mol. The molecule has 2 aromatic carbocycles. The summed E-state index contributed by atoms with van der Waals surface area (Å²) in [4.78, 5) is 31.0. The Morgan fingerprint density at radius 2 is 1.77 bits per heavy atom. The number of hydrazine groups is 1. The summed E-state index contributed by atoms with van der Waals surface area (Å²) in [7, 11) is 1.52. The van der Waals surface area contributed by atoms with Gasteiger partial charge in [-0.2, -0.15) is 0 Å². The lowest BCUT2D eigenvalue weighted by Gasteiger charge is -2.11. The average molecular weight is 429 g/mol. The van der Waals surface area contributed by atoms with Crippen LogP contribution in [0.3, 0.4) is 0 Å². The predicted molar refractivity (Wildman–Crippen MR) is 112 cm³/mol. The summed E-state index contributed by atoms with van der Waals surface area (Å²) in [5.41, 5.74) is 5.66. The molecule has 1 aromatic heterocycles. The van der Waals surface area contributed by atoms with Crippen molar-refractivity contribution in [1.29, 1.82) is 0 Å². The quantitative estimate of drug-likeness (QED) is 0.367. The number of nitrogens with one attached hydrogen (secondary N) is 3. The zero-order valence-electron chi connectivity index (χ0n) is 15.8. The molecule has 1 heterocycles. The number of nitrogens with zero attached hydrogens (tertiary/aromatic N) is 3. The zero-order chi connectivity index (χ0) is 21.5. The highest BCUT2D eigenvalue weighted by Crippen LogP contribution is 2.28. The first kappa shape index (κ1) is 20.8. The van der Waals surface area contributed by atoms with Crippen LogP contribution in [0.5, 0.6) is 5.75 Å². The lowest BCUT2D eigenvalue weighted by molar-refractivity contribution is -0.383. The number of anilines is 2. The van der Waals surface area contributed by atoms with Crippen molar-refractivity contribution in [3.63, 3.8) is 0 Å². The number of benzene rings is 2. The Balaban J connectivity index is 1.72. The zero-order valence-corrected chi connectivity index (χ0v) is 16.5. The highest BCUT2D eigenvalue weighted by Gasteiger charge is 2.23. The molecule has 0 spiro atoms. The molecule has 0 unspecified atom stereocenters. The number of amides is 1. The summed E-state index contributed by atoms with van der Waals surface area (Å²) in [5, 5.41) is 15.1. The number of rotatable bonds is 8. The SMILES string of the molecule is COc1ccc(C(=O)NNc2ncnc(NCc3ccc(Cl)cc3)c2[N+](=O)[O-])cc1. The largest absolute Gasteiger partial charge is 0.497 e. The summed E-state index contributed by atoms with van der Waals surface area (Å²) < 4.78 is 5.04. The highest BCUT2D eigenvalue weighted by atomic mass is 35.5. The molecular formula is C19H17ClN6O4. The third kappa shape index (κ3) is 5.11. The van der Waals surface area contributed by atoms with Gasteiger partial charge in [0.2, 0.25) is 11.6 Å². The number of carbonyl (C=O) groups is 1. The van der Waals surface area contributed by atoms with E-state index in [-0.39, 0.29) is 18.2 Å². The minimum Gasteiger partial charge on any atom is -0.497 e. The maximum Gasteiger partial charge on any atom is 0.354 e. The molecule has 0 bridgehead atoms. The Kier molecular flexibility index (Phi) is 6.60. The first-order chi connectivity index (χ1) is 14.5. The highest BCUT2D eigenvalue weighted by molar-refractivity contribution is 6.30. The minimum atomic E-state index is -0.633. The van der Waals surface area contributed by atoms with E-state index in [0.717, 1.165) is 11.9 Å². The van der Waals surface area contributed by atoms with E-state index in [1.807, 2.05) is 0 Å². The number of aromatic nitrogens is 2. The van der Waals surface area contributed by atoms with Crippen LogP contribution in [-0.4, -0.2) is 27.9 Å². The molecule has 0 radical (unpaired) electrons. The number of nitro groups is 1. The smallest absolute Gasteiger partial charge is 0.354 e. The van der Waals surface area contributed by atoms with E-state index in [9.17, 15) is 14.9 Å². The lowest BCUT2D eigenvalue weighted by Crippen LogP contribution is -2.30. The standard InChI is InChI=1S/C19H17ClN6O4/c1-30-15-8-4-13(5-9-15)19(27)25-24-18-16(26(28)29)17(22-11-23-18)21-10-12-2-6-14(20)7-3-12/h2-9,11H,10H2,1H3,(H,25,27)(H2,21,22,23,24). The molecule has 11 heteroatoms. The summed E-state index contributed by atoms with van der Waals surface area (Å²) in [6.07, 6.45) is 1.15. The Hall–Kier alpha value is -3.92. The first-order valence-corrected chi connectivity index (χ1v) is 9.04. The van der Waals surface area contributed by atoms with Gasteiger partial charge in [0.1, 0.15) is 12.1 Å². The van der Waals surface area contributed by atoms with Crippen molar-refractivity contribution in [3.8, 4) is 5.75 Å². The van der Waals surface area contributed by atoms with E-state index in [4.69, 9.17) is 16.3 Å². The number of methoxy groups -OCH3 is 1. The molecule has 154 valence electrons. The number of carbonyl (C=O) groups excluding carboxylic acids is 1. The van der Waals surface area contributed by atoms with E-state index in [2.05, 4.69) is 26.1 Å². The van der Waals surface area contributed by atoms with Gasteiger partial charge in [-0.1, -0.05) is 23.7 Å². The fourth-order valence-electron chi connectivity index (χ4n) is 2.49. The van der Waals surface area contributed by atoms with Crippen LogP contribution in [-0.2, 0) is 6.54 Å². The van der Waals surface area contributed by atoms with Crippen molar-refractivity contribution in [1.82, 2.24) is 15.4 Å². The van der Waals surface area contributed by atoms with Crippen LogP contribution in [0.4, 0.5) is 17.3 Å². The van der Waals surface area contributed by atoms with Gasteiger partial charge in [-0.3, -0.25) is 25.8 Å². The van der Waals surface area contributed by atoms with Gasteiger partial charge in [-0.25, -0.2) is 9.97 Å². The molecule has 3 aromatic rings. The van der Waals surface area contributed by atoms with Gasteiger partial charge in [-0.15, -0.1) is 0 Å². The molecule has 30 heavy (non-hydrogen) atoms. The van der Waals surface area contributed by atoms with Gasteiger partial charge in [0.05, 0.1) is 12.0 Å². The fraction of sp³-hybridized carbons (Fsp3) is 0.105. The Morgan fingerprint density at radius 3 is 2.40 bits per heavy atom. The van der Waals surface area contributed by atoms with Crippen molar-refractivity contribution in [2.75, 3.05) is 17.9 Å². The van der Waals surface area contributed by atoms with E-state index in [0.29, 0.717) is 16.3 Å². The molecule has 10 nitrogen and oxygen atoms in total. The second-order valence-electron chi connectivity index (χ2n) is 5.96. The second-order valence-corrected chi connectivity index (χ2v) is 6.40. The number of hydrogen-bond donors (Lipinski definition) is 3. The lowest BCUT2D eigenvalue weighted by atomic mass is 10.2. The average Bonchev–Trinajstić information content (AvgIpc) is 2.77. The molecule has 0 saturated carbocycles. The van der Waals surface area contributed by atoms with E-state index >= 15 is 0 Å².